The number of carbonyl (C=O) groups excluding carboxylic acids is 1. The number of ether oxygens (including phenoxy) is 1. The Morgan fingerprint density at radius 2 is 1.89 bits per heavy atom. The molecule has 0 aromatic heterocycles. The van der Waals surface area contributed by atoms with Gasteiger partial charge in [-0.1, -0.05) is 20.8 Å². The molecule has 1 unspecified atom stereocenters. The first-order chi connectivity index (χ1) is 8.90. The van der Waals surface area contributed by atoms with Crippen LogP contribution in [0.1, 0.15) is 62.8 Å². The van der Waals surface area contributed by atoms with Gasteiger partial charge in [0.2, 0.25) is 5.91 Å². The van der Waals surface area contributed by atoms with E-state index in [1.165, 1.54) is 5.56 Å². The monoisotopic (exact) mass is 263 g/mol. The van der Waals surface area contributed by atoms with E-state index in [-0.39, 0.29) is 11.9 Å². The predicted molar refractivity (Wildman–Crippen MR) is 78.7 cm³/mol. The zero-order valence-corrected chi connectivity index (χ0v) is 12.8. The summed E-state index contributed by atoms with van der Waals surface area (Å²) in [6.45, 7) is 10.2. The van der Waals surface area contributed by atoms with Crippen molar-refractivity contribution in [2.24, 2.45) is 0 Å². The molecular formula is C16H25NO2. The van der Waals surface area contributed by atoms with Crippen molar-refractivity contribution in [3.05, 3.63) is 28.8 Å². The standard InChI is InChI=1S/C16H25NO2/c1-7-16(18)17-12(5)14-9-13(10(2)3)15(19-6)8-11(14)4/h8-10,12H,7H2,1-6H3,(H,17,18). The van der Waals surface area contributed by atoms with E-state index in [1.807, 2.05) is 13.8 Å². The minimum atomic E-state index is 0.0239. The summed E-state index contributed by atoms with van der Waals surface area (Å²) in [5.41, 5.74) is 3.48. The molecule has 0 aliphatic rings. The SMILES string of the molecule is CCC(=O)NC(C)c1cc(C(C)C)c(OC)cc1C. The molecule has 0 fully saturated rings. The Balaban J connectivity index is 3.13. The van der Waals surface area contributed by atoms with Crippen LogP contribution in [0, 0.1) is 6.92 Å². The number of benzene rings is 1. The minimum Gasteiger partial charge on any atom is -0.496 e. The van der Waals surface area contributed by atoms with Crippen molar-refractivity contribution in [1.29, 1.82) is 0 Å². The summed E-state index contributed by atoms with van der Waals surface area (Å²) in [5.74, 6) is 1.39. The van der Waals surface area contributed by atoms with Crippen LogP contribution in [-0.4, -0.2) is 13.0 Å². The fourth-order valence-corrected chi connectivity index (χ4v) is 2.23. The molecule has 0 bridgehead atoms. The summed E-state index contributed by atoms with van der Waals surface area (Å²) in [6, 6.07) is 4.23. The molecule has 0 heterocycles. The van der Waals surface area contributed by atoms with Gasteiger partial charge in [0.05, 0.1) is 13.2 Å². The van der Waals surface area contributed by atoms with Gasteiger partial charge in [-0.05, 0) is 48.6 Å². The highest BCUT2D eigenvalue weighted by molar-refractivity contribution is 5.76. The van der Waals surface area contributed by atoms with Crippen molar-refractivity contribution in [1.82, 2.24) is 5.32 Å². The number of hydrogen-bond acceptors (Lipinski definition) is 2. The van der Waals surface area contributed by atoms with Gasteiger partial charge in [-0.3, -0.25) is 4.79 Å². The summed E-state index contributed by atoms with van der Waals surface area (Å²) >= 11 is 0. The van der Waals surface area contributed by atoms with Gasteiger partial charge in [-0.2, -0.15) is 0 Å². The second-order valence-corrected chi connectivity index (χ2v) is 5.25. The van der Waals surface area contributed by atoms with Gasteiger partial charge in [-0.25, -0.2) is 0 Å². The quantitative estimate of drug-likeness (QED) is 0.879. The first kappa shape index (κ1) is 15.5. The number of methoxy groups -OCH3 is 1. The fraction of sp³-hybridized carbons (Fsp3) is 0.562. The molecule has 0 aliphatic carbocycles. The molecule has 106 valence electrons. The third kappa shape index (κ3) is 3.72. The third-order valence-electron chi connectivity index (χ3n) is 3.41. The molecule has 0 radical (unpaired) electrons. The van der Waals surface area contributed by atoms with Crippen LogP contribution in [0.4, 0.5) is 0 Å². The Morgan fingerprint density at radius 3 is 2.37 bits per heavy atom. The van der Waals surface area contributed by atoms with E-state index >= 15 is 0 Å². The molecule has 1 aromatic carbocycles. The molecule has 1 atom stereocenters. The molecule has 3 heteroatoms. The lowest BCUT2D eigenvalue weighted by atomic mass is 9.93. The van der Waals surface area contributed by atoms with Crippen LogP contribution in [-0.2, 0) is 4.79 Å². The van der Waals surface area contributed by atoms with E-state index in [0.29, 0.717) is 12.3 Å². The number of rotatable bonds is 5. The van der Waals surface area contributed by atoms with Crippen molar-refractivity contribution in [2.45, 2.75) is 53.0 Å². The molecule has 3 nitrogen and oxygen atoms in total. The number of amides is 1. The molecule has 1 rings (SSSR count). The number of aryl methyl sites for hydroxylation is 1. The van der Waals surface area contributed by atoms with Crippen molar-refractivity contribution in [2.75, 3.05) is 7.11 Å². The fourth-order valence-electron chi connectivity index (χ4n) is 2.23. The molecule has 1 N–H and O–H groups in total. The van der Waals surface area contributed by atoms with Crippen LogP contribution >= 0.6 is 0 Å². The van der Waals surface area contributed by atoms with E-state index in [2.05, 4.69) is 38.2 Å². The van der Waals surface area contributed by atoms with E-state index in [0.717, 1.165) is 16.9 Å². The number of nitrogens with one attached hydrogen (secondary N) is 1. The lowest BCUT2D eigenvalue weighted by molar-refractivity contribution is -0.121. The maximum Gasteiger partial charge on any atom is 0.220 e. The van der Waals surface area contributed by atoms with Crippen molar-refractivity contribution < 1.29 is 9.53 Å². The first-order valence-corrected chi connectivity index (χ1v) is 6.88. The summed E-state index contributed by atoms with van der Waals surface area (Å²) < 4.78 is 5.44. The Morgan fingerprint density at radius 1 is 1.26 bits per heavy atom. The highest BCUT2D eigenvalue weighted by atomic mass is 16.5. The van der Waals surface area contributed by atoms with Crippen LogP contribution in [0.3, 0.4) is 0 Å². The van der Waals surface area contributed by atoms with Gasteiger partial charge < -0.3 is 10.1 Å². The maximum atomic E-state index is 11.5. The van der Waals surface area contributed by atoms with Crippen molar-refractivity contribution >= 4 is 5.91 Å². The van der Waals surface area contributed by atoms with E-state index in [4.69, 9.17) is 4.74 Å². The normalized spacial score (nSPS) is 12.4. The van der Waals surface area contributed by atoms with Crippen LogP contribution in [0.5, 0.6) is 5.75 Å². The summed E-state index contributed by atoms with van der Waals surface area (Å²) in [4.78, 5) is 11.5. The second-order valence-electron chi connectivity index (χ2n) is 5.25. The van der Waals surface area contributed by atoms with Crippen molar-refractivity contribution in [3.8, 4) is 5.75 Å². The largest absolute Gasteiger partial charge is 0.496 e. The molecule has 19 heavy (non-hydrogen) atoms. The molecule has 1 amide bonds. The first-order valence-electron chi connectivity index (χ1n) is 6.88. The predicted octanol–water partition coefficient (Wildman–Crippen LogP) is 3.71. The van der Waals surface area contributed by atoms with E-state index in [1.54, 1.807) is 7.11 Å². The molecule has 0 saturated heterocycles. The summed E-state index contributed by atoms with van der Waals surface area (Å²) in [5, 5.41) is 3.01. The summed E-state index contributed by atoms with van der Waals surface area (Å²) in [6.07, 6.45) is 0.510. The zero-order chi connectivity index (χ0) is 14.6. The molecule has 0 saturated carbocycles. The molecular weight excluding hydrogens is 238 g/mol. The Hall–Kier alpha value is -1.51. The zero-order valence-electron chi connectivity index (χ0n) is 12.8. The van der Waals surface area contributed by atoms with Gasteiger partial charge in [0.15, 0.2) is 0 Å². The molecule has 0 aliphatic heterocycles. The smallest absolute Gasteiger partial charge is 0.220 e. The topological polar surface area (TPSA) is 38.3 Å². The van der Waals surface area contributed by atoms with Crippen LogP contribution < -0.4 is 10.1 Å². The maximum absolute atomic E-state index is 11.5. The highest BCUT2D eigenvalue weighted by Crippen LogP contribution is 2.31. The highest BCUT2D eigenvalue weighted by Gasteiger charge is 2.16. The van der Waals surface area contributed by atoms with Gasteiger partial charge in [-0.15, -0.1) is 0 Å². The average molecular weight is 263 g/mol. The van der Waals surface area contributed by atoms with Gasteiger partial charge in [0.1, 0.15) is 5.75 Å². The lowest BCUT2D eigenvalue weighted by Gasteiger charge is -2.20. The second kappa shape index (κ2) is 6.60. The Bertz CT molecular complexity index is 452. The molecule has 1 aromatic rings. The number of carbonyl (C=O) groups is 1. The van der Waals surface area contributed by atoms with Crippen LogP contribution in [0.15, 0.2) is 12.1 Å². The third-order valence-corrected chi connectivity index (χ3v) is 3.41. The molecule has 0 spiro atoms. The Labute approximate surface area is 116 Å². The summed E-state index contributed by atoms with van der Waals surface area (Å²) in [7, 11) is 1.70. The number of hydrogen-bond donors (Lipinski definition) is 1. The van der Waals surface area contributed by atoms with Crippen LogP contribution in [0.25, 0.3) is 0 Å². The average Bonchev–Trinajstić information content (AvgIpc) is 2.37. The Kier molecular flexibility index (Phi) is 5.40. The van der Waals surface area contributed by atoms with Gasteiger partial charge in [0, 0.05) is 6.42 Å². The van der Waals surface area contributed by atoms with E-state index in [9.17, 15) is 4.79 Å². The van der Waals surface area contributed by atoms with Crippen molar-refractivity contribution in [3.63, 3.8) is 0 Å². The van der Waals surface area contributed by atoms with Gasteiger partial charge in [0.25, 0.3) is 0 Å². The van der Waals surface area contributed by atoms with Gasteiger partial charge >= 0.3 is 0 Å². The van der Waals surface area contributed by atoms with Crippen LogP contribution in [0.2, 0.25) is 0 Å². The van der Waals surface area contributed by atoms with E-state index < -0.39 is 0 Å². The minimum absolute atomic E-state index is 0.0239. The lowest BCUT2D eigenvalue weighted by Crippen LogP contribution is -2.26.